The van der Waals surface area contributed by atoms with Gasteiger partial charge in [-0.3, -0.25) is 4.55 Å². The molecule has 0 unspecified atom stereocenters. The summed E-state index contributed by atoms with van der Waals surface area (Å²) in [5.41, 5.74) is -5.53. The molecular formula is CH5F3O4SSi. The zero-order chi connectivity index (χ0) is 9.00. The fourth-order valence-electron chi connectivity index (χ4n) is 0. The lowest BCUT2D eigenvalue weighted by molar-refractivity contribution is -0.0510. The summed E-state index contributed by atoms with van der Waals surface area (Å²) in [6, 6.07) is 0. The van der Waals surface area contributed by atoms with Gasteiger partial charge in [0.25, 0.3) is 0 Å². The van der Waals surface area contributed by atoms with Gasteiger partial charge in [-0.15, -0.1) is 0 Å². The Morgan fingerprint density at radius 2 is 1.30 bits per heavy atom. The van der Waals surface area contributed by atoms with Gasteiger partial charge in [0.15, 0.2) is 0 Å². The van der Waals surface area contributed by atoms with Gasteiger partial charge in [0.05, 0.1) is 0 Å². The Bertz CT molecular complexity index is 169. The molecule has 0 atom stereocenters. The van der Waals surface area contributed by atoms with E-state index < -0.39 is 15.6 Å². The average Bonchev–Trinajstić information content (AvgIpc) is 1.66. The van der Waals surface area contributed by atoms with E-state index in [0.717, 1.165) is 0 Å². The lowest BCUT2D eigenvalue weighted by atomic mass is 11.6. The maximum absolute atomic E-state index is 10.7. The predicted molar refractivity (Wildman–Crippen MR) is 29.8 cm³/mol. The fourth-order valence-corrected chi connectivity index (χ4v) is 0. The van der Waals surface area contributed by atoms with Crippen molar-refractivity contribution in [2.75, 3.05) is 0 Å². The van der Waals surface area contributed by atoms with Crippen molar-refractivity contribution in [3.63, 3.8) is 0 Å². The van der Waals surface area contributed by atoms with E-state index in [0.29, 0.717) is 10.5 Å². The molecule has 0 aromatic carbocycles. The van der Waals surface area contributed by atoms with Gasteiger partial charge in [-0.05, 0) is 0 Å². The highest BCUT2D eigenvalue weighted by Gasteiger charge is 2.44. The molecule has 0 aliphatic carbocycles. The molecule has 0 aliphatic rings. The molecule has 0 saturated heterocycles. The Kier molecular flexibility index (Phi) is 4.90. The molecule has 0 aromatic heterocycles. The quantitative estimate of drug-likeness (QED) is 0.287. The predicted octanol–water partition coefficient (Wildman–Crippen LogP) is -1.35. The Morgan fingerprint density at radius 3 is 1.30 bits per heavy atom. The topological polar surface area (TPSA) is 74.6 Å². The molecule has 0 aromatic rings. The molecule has 64 valence electrons. The van der Waals surface area contributed by atoms with Gasteiger partial charge in [0.2, 0.25) is 0 Å². The highest BCUT2D eigenvalue weighted by molar-refractivity contribution is 7.86. The van der Waals surface area contributed by atoms with Gasteiger partial charge in [0.1, 0.15) is 10.5 Å². The molecule has 0 radical (unpaired) electrons. The second-order valence-electron chi connectivity index (χ2n) is 0.921. The van der Waals surface area contributed by atoms with Gasteiger partial charge in [-0.2, -0.15) is 21.6 Å². The summed E-state index contributed by atoms with van der Waals surface area (Å²) in [5.74, 6) is 0. The van der Waals surface area contributed by atoms with Crippen LogP contribution in [0.15, 0.2) is 0 Å². The Balaban J connectivity index is 0. The fraction of sp³-hybridized carbons (Fsp3) is 1.00. The zero-order valence-corrected chi connectivity index (χ0v) is 7.57. The SMILES string of the molecule is O=S(=O)(O)C(F)(F)F.O[SiH3]. The van der Waals surface area contributed by atoms with E-state index in [1.54, 1.807) is 0 Å². The van der Waals surface area contributed by atoms with Crippen LogP contribution >= 0.6 is 0 Å². The molecule has 9 heteroatoms. The third kappa shape index (κ3) is 4.73. The smallest absolute Gasteiger partial charge is 0.442 e. The van der Waals surface area contributed by atoms with Crippen LogP contribution < -0.4 is 0 Å². The average molecular weight is 198 g/mol. The number of hydrogen-bond donors (Lipinski definition) is 2. The number of hydrogen-bond acceptors (Lipinski definition) is 3. The van der Waals surface area contributed by atoms with Crippen LogP contribution in [0.1, 0.15) is 0 Å². The molecule has 0 aliphatic heterocycles. The van der Waals surface area contributed by atoms with E-state index in [9.17, 15) is 13.2 Å². The number of alkyl halides is 3. The lowest BCUT2D eigenvalue weighted by Gasteiger charge is -1.97. The molecule has 0 spiro atoms. The molecule has 0 bridgehead atoms. The number of halogens is 3. The normalized spacial score (nSPS) is 12.1. The molecule has 0 heterocycles. The maximum Gasteiger partial charge on any atom is 0.522 e. The highest BCUT2D eigenvalue weighted by Crippen LogP contribution is 2.20. The minimum absolute atomic E-state index is 0.306. The van der Waals surface area contributed by atoms with Crippen molar-refractivity contribution in [3.05, 3.63) is 0 Å². The van der Waals surface area contributed by atoms with Crippen molar-refractivity contribution in [3.8, 4) is 0 Å². The van der Waals surface area contributed by atoms with Crippen LogP contribution in [0.2, 0.25) is 0 Å². The summed E-state index contributed by atoms with van der Waals surface area (Å²) in [6.07, 6.45) is 0. The van der Waals surface area contributed by atoms with E-state index in [1.165, 1.54) is 0 Å². The molecule has 10 heavy (non-hydrogen) atoms. The monoisotopic (exact) mass is 198 g/mol. The van der Waals surface area contributed by atoms with Crippen LogP contribution in [0.4, 0.5) is 13.2 Å². The van der Waals surface area contributed by atoms with Crippen molar-refractivity contribution in [2.24, 2.45) is 0 Å². The van der Waals surface area contributed by atoms with Crippen molar-refractivity contribution in [1.29, 1.82) is 0 Å². The first-order chi connectivity index (χ1) is 4.25. The largest absolute Gasteiger partial charge is 0.522 e. The Morgan fingerprint density at radius 1 is 1.20 bits per heavy atom. The van der Waals surface area contributed by atoms with Crippen LogP contribution in [0.3, 0.4) is 0 Å². The summed E-state index contributed by atoms with van der Waals surface area (Å²) >= 11 is 0. The van der Waals surface area contributed by atoms with E-state index >= 15 is 0 Å². The summed E-state index contributed by atoms with van der Waals surface area (Å²) in [7, 11) is -5.53. The van der Waals surface area contributed by atoms with Crippen molar-refractivity contribution >= 4 is 20.6 Å². The van der Waals surface area contributed by atoms with Gasteiger partial charge in [-0.1, -0.05) is 0 Å². The van der Waals surface area contributed by atoms with E-state index in [-0.39, 0.29) is 0 Å². The standard InChI is InChI=1S/CHF3O3S.H4OSi/c2-1(3,4)8(5,6)7;1-2/h(H,5,6,7);1H,2H3. The highest BCUT2D eigenvalue weighted by atomic mass is 32.2. The van der Waals surface area contributed by atoms with Crippen molar-refractivity contribution in [2.45, 2.75) is 5.51 Å². The van der Waals surface area contributed by atoms with Gasteiger partial charge < -0.3 is 4.80 Å². The second kappa shape index (κ2) is 3.90. The van der Waals surface area contributed by atoms with Gasteiger partial charge in [-0.25, -0.2) is 0 Å². The molecular weight excluding hydrogens is 193 g/mol. The first kappa shape index (κ1) is 12.5. The molecule has 2 N–H and O–H groups in total. The zero-order valence-electron chi connectivity index (χ0n) is 4.75. The summed E-state index contributed by atoms with van der Waals surface area (Å²) in [5, 5.41) is 0. The minimum atomic E-state index is -5.84. The second-order valence-corrected chi connectivity index (χ2v) is 2.33. The van der Waals surface area contributed by atoms with Crippen LogP contribution in [0.25, 0.3) is 0 Å². The molecule has 0 rings (SSSR count). The van der Waals surface area contributed by atoms with Crippen LogP contribution in [-0.2, 0) is 10.1 Å². The lowest BCUT2D eigenvalue weighted by Crippen LogP contribution is -2.21. The van der Waals surface area contributed by atoms with Crippen molar-refractivity contribution in [1.82, 2.24) is 0 Å². The summed E-state index contributed by atoms with van der Waals surface area (Å²) in [6.45, 7) is 0. The minimum Gasteiger partial charge on any atom is -0.442 e. The van der Waals surface area contributed by atoms with Crippen molar-refractivity contribution < 1.29 is 30.9 Å². The molecule has 0 fully saturated rings. The first-order valence-electron chi connectivity index (χ1n) is 1.73. The van der Waals surface area contributed by atoms with Gasteiger partial charge >= 0.3 is 15.6 Å². The third-order valence-electron chi connectivity index (χ3n) is 0.292. The third-order valence-corrected chi connectivity index (χ3v) is 0.877. The molecule has 0 saturated carbocycles. The summed E-state index contributed by atoms with van der Waals surface area (Å²) in [4.78, 5) is 7.14. The van der Waals surface area contributed by atoms with E-state index in [2.05, 4.69) is 0 Å². The van der Waals surface area contributed by atoms with E-state index in [1.807, 2.05) is 0 Å². The van der Waals surface area contributed by atoms with Crippen LogP contribution in [0.5, 0.6) is 0 Å². The molecule has 4 nitrogen and oxygen atoms in total. The Labute approximate surface area is 58.0 Å². The molecule has 0 amide bonds. The first-order valence-corrected chi connectivity index (χ1v) is 4.07. The summed E-state index contributed by atoms with van der Waals surface area (Å²) < 4.78 is 57.5. The number of rotatable bonds is 0. The van der Waals surface area contributed by atoms with Crippen LogP contribution in [-0.4, -0.2) is 33.8 Å². The Hall–Kier alpha value is -0.123. The van der Waals surface area contributed by atoms with E-state index in [4.69, 9.17) is 17.8 Å². The maximum atomic E-state index is 10.7. The van der Waals surface area contributed by atoms with Gasteiger partial charge in [0, 0.05) is 0 Å². The van der Waals surface area contributed by atoms with Crippen LogP contribution in [0, 0.1) is 0 Å².